The van der Waals surface area contributed by atoms with Crippen molar-refractivity contribution >= 4 is 0 Å². The summed E-state index contributed by atoms with van der Waals surface area (Å²) < 4.78 is 18.0. The molecule has 0 aliphatic rings. The summed E-state index contributed by atoms with van der Waals surface area (Å²) >= 11 is 0. The molecule has 1 rings (SSSR count). The summed E-state index contributed by atoms with van der Waals surface area (Å²) in [7, 11) is 1.72. The zero-order chi connectivity index (χ0) is 14.3. The van der Waals surface area contributed by atoms with Crippen LogP contribution in [0.3, 0.4) is 0 Å². The summed E-state index contributed by atoms with van der Waals surface area (Å²) in [6.07, 6.45) is 3.21. The first-order chi connectivity index (χ1) is 8.98. The van der Waals surface area contributed by atoms with Crippen molar-refractivity contribution in [2.75, 3.05) is 20.3 Å². The minimum atomic E-state index is -0.293. The molecule has 0 bridgehead atoms. The summed E-state index contributed by atoms with van der Waals surface area (Å²) in [5, 5.41) is 3.51. The highest BCUT2D eigenvalue weighted by molar-refractivity contribution is 5.09. The average Bonchev–Trinajstić information content (AvgIpc) is 2.39. The van der Waals surface area contributed by atoms with Crippen LogP contribution in [0.4, 0.5) is 4.39 Å². The fourth-order valence-corrected chi connectivity index (χ4v) is 1.92. The van der Waals surface area contributed by atoms with Crippen LogP contribution in [-0.4, -0.2) is 25.2 Å². The molecule has 0 amide bonds. The predicted octanol–water partition coefficient (Wildman–Crippen LogP) is 3.32. The average molecular weight is 268 g/mol. The van der Waals surface area contributed by atoms with Crippen LogP contribution in [0.5, 0.6) is 0 Å². The van der Waals surface area contributed by atoms with Crippen molar-refractivity contribution < 1.29 is 9.13 Å². The van der Waals surface area contributed by atoms with Crippen molar-refractivity contribution in [3.63, 3.8) is 0 Å². The van der Waals surface area contributed by atoms with E-state index < -0.39 is 0 Å². The molecule has 0 saturated heterocycles. The van der Waals surface area contributed by atoms with E-state index in [1.807, 2.05) is 0 Å². The molecule has 1 aromatic rings. The Hall–Kier alpha value is -1.00. The Kier molecular flexibility index (Phi) is 6.38. The van der Waals surface area contributed by atoms with Gasteiger partial charge in [-0.25, -0.2) is 4.39 Å². The number of nitrogens with one attached hydrogen (secondary N) is 1. The van der Waals surface area contributed by atoms with Gasteiger partial charge in [0.1, 0.15) is 5.82 Å². The molecule has 1 heterocycles. The minimum absolute atomic E-state index is 0.169. The highest BCUT2D eigenvalue weighted by Crippen LogP contribution is 2.22. The van der Waals surface area contributed by atoms with E-state index in [4.69, 9.17) is 4.74 Å². The van der Waals surface area contributed by atoms with Crippen LogP contribution in [-0.2, 0) is 4.74 Å². The molecule has 3 nitrogen and oxygen atoms in total. The number of halogens is 1. The van der Waals surface area contributed by atoms with Crippen LogP contribution in [0.1, 0.15) is 45.3 Å². The lowest BCUT2D eigenvalue weighted by atomic mass is 9.89. The van der Waals surface area contributed by atoms with Gasteiger partial charge in [0.25, 0.3) is 0 Å². The van der Waals surface area contributed by atoms with E-state index in [-0.39, 0.29) is 17.3 Å². The zero-order valence-electron chi connectivity index (χ0n) is 12.4. The molecule has 0 radical (unpaired) electrons. The molecule has 1 atom stereocenters. The van der Waals surface area contributed by atoms with Crippen molar-refractivity contribution in [2.24, 2.45) is 5.41 Å². The summed E-state index contributed by atoms with van der Waals surface area (Å²) in [5.41, 5.74) is 1.06. The standard InChI is InChI=1S/C15H25FN2O/c1-5-13(14-7-6-12(16)10-17-14)18-11-15(2,3)8-9-19-4/h6-7,10,13,18H,5,8-9,11H2,1-4H3. The quantitative estimate of drug-likeness (QED) is 0.785. The largest absolute Gasteiger partial charge is 0.385 e. The van der Waals surface area contributed by atoms with Crippen molar-refractivity contribution in [3.05, 3.63) is 29.8 Å². The molecule has 0 aromatic carbocycles. The van der Waals surface area contributed by atoms with Crippen LogP contribution in [0, 0.1) is 11.2 Å². The molecule has 0 aliphatic carbocycles. The topological polar surface area (TPSA) is 34.1 Å². The maximum absolute atomic E-state index is 12.9. The highest BCUT2D eigenvalue weighted by atomic mass is 19.1. The molecule has 0 spiro atoms. The number of pyridine rings is 1. The number of nitrogens with zero attached hydrogens (tertiary/aromatic N) is 1. The first kappa shape index (κ1) is 16.1. The van der Waals surface area contributed by atoms with E-state index in [9.17, 15) is 4.39 Å². The second-order valence-electron chi connectivity index (χ2n) is 5.65. The van der Waals surface area contributed by atoms with Crippen molar-refractivity contribution in [1.82, 2.24) is 10.3 Å². The van der Waals surface area contributed by atoms with E-state index >= 15 is 0 Å². The van der Waals surface area contributed by atoms with Crippen LogP contribution >= 0.6 is 0 Å². The minimum Gasteiger partial charge on any atom is -0.385 e. The van der Waals surface area contributed by atoms with Crippen LogP contribution in [0.15, 0.2) is 18.3 Å². The fraction of sp³-hybridized carbons (Fsp3) is 0.667. The van der Waals surface area contributed by atoms with Gasteiger partial charge >= 0.3 is 0 Å². The lowest BCUT2D eigenvalue weighted by molar-refractivity contribution is 0.148. The van der Waals surface area contributed by atoms with Gasteiger partial charge in [0.2, 0.25) is 0 Å². The molecule has 0 saturated carbocycles. The third-order valence-electron chi connectivity index (χ3n) is 3.33. The van der Waals surface area contributed by atoms with Gasteiger partial charge in [-0.3, -0.25) is 4.98 Å². The smallest absolute Gasteiger partial charge is 0.141 e. The Labute approximate surface area is 115 Å². The van der Waals surface area contributed by atoms with E-state index in [2.05, 4.69) is 31.1 Å². The van der Waals surface area contributed by atoms with Crippen molar-refractivity contribution in [3.8, 4) is 0 Å². The fourth-order valence-electron chi connectivity index (χ4n) is 1.92. The van der Waals surface area contributed by atoms with Crippen molar-refractivity contribution in [1.29, 1.82) is 0 Å². The summed E-state index contributed by atoms with van der Waals surface area (Å²) in [6.45, 7) is 8.17. The Morgan fingerprint density at radius 1 is 1.42 bits per heavy atom. The first-order valence-electron chi connectivity index (χ1n) is 6.82. The van der Waals surface area contributed by atoms with Gasteiger partial charge in [0, 0.05) is 26.3 Å². The number of hydrogen-bond acceptors (Lipinski definition) is 3. The second kappa shape index (κ2) is 7.56. The maximum Gasteiger partial charge on any atom is 0.141 e. The lowest BCUT2D eigenvalue weighted by Gasteiger charge is -2.27. The first-order valence-corrected chi connectivity index (χ1v) is 6.82. The zero-order valence-corrected chi connectivity index (χ0v) is 12.4. The Morgan fingerprint density at radius 3 is 2.68 bits per heavy atom. The molecule has 1 N–H and O–H groups in total. The normalized spacial score (nSPS) is 13.5. The number of methoxy groups -OCH3 is 1. The van der Waals surface area contributed by atoms with Gasteiger partial charge in [0.05, 0.1) is 11.9 Å². The molecule has 1 aromatic heterocycles. The molecule has 4 heteroatoms. The predicted molar refractivity (Wildman–Crippen MR) is 75.5 cm³/mol. The molecule has 108 valence electrons. The SMILES string of the molecule is CCC(NCC(C)(C)CCOC)c1ccc(F)cn1. The highest BCUT2D eigenvalue weighted by Gasteiger charge is 2.20. The maximum atomic E-state index is 12.9. The van der Waals surface area contributed by atoms with Crippen LogP contribution in [0.2, 0.25) is 0 Å². The van der Waals surface area contributed by atoms with E-state index in [1.165, 1.54) is 12.3 Å². The van der Waals surface area contributed by atoms with Gasteiger partial charge in [-0.2, -0.15) is 0 Å². The molecule has 0 aliphatic heterocycles. The summed E-state index contributed by atoms with van der Waals surface area (Å²) in [5.74, 6) is -0.293. The Bertz CT molecular complexity index is 365. The molecule has 1 unspecified atom stereocenters. The van der Waals surface area contributed by atoms with Gasteiger partial charge in [-0.1, -0.05) is 20.8 Å². The number of ether oxygens (including phenoxy) is 1. The molecule has 19 heavy (non-hydrogen) atoms. The van der Waals surface area contributed by atoms with Gasteiger partial charge < -0.3 is 10.1 Å². The molecular formula is C15H25FN2O. The summed E-state index contributed by atoms with van der Waals surface area (Å²) in [4.78, 5) is 4.15. The van der Waals surface area contributed by atoms with Gasteiger partial charge in [0.15, 0.2) is 0 Å². The number of rotatable bonds is 8. The second-order valence-corrected chi connectivity index (χ2v) is 5.65. The van der Waals surface area contributed by atoms with E-state index in [0.29, 0.717) is 0 Å². The third-order valence-corrected chi connectivity index (χ3v) is 3.33. The third kappa shape index (κ3) is 5.66. The van der Waals surface area contributed by atoms with Gasteiger partial charge in [-0.15, -0.1) is 0 Å². The molecular weight excluding hydrogens is 243 g/mol. The van der Waals surface area contributed by atoms with Crippen LogP contribution < -0.4 is 5.32 Å². The Balaban J connectivity index is 2.55. The van der Waals surface area contributed by atoms with E-state index in [1.54, 1.807) is 13.2 Å². The van der Waals surface area contributed by atoms with Crippen LogP contribution in [0.25, 0.3) is 0 Å². The molecule has 0 fully saturated rings. The van der Waals surface area contributed by atoms with E-state index in [0.717, 1.165) is 31.7 Å². The van der Waals surface area contributed by atoms with Gasteiger partial charge in [-0.05, 0) is 30.4 Å². The van der Waals surface area contributed by atoms with Crippen molar-refractivity contribution in [2.45, 2.75) is 39.7 Å². The Morgan fingerprint density at radius 2 is 2.16 bits per heavy atom. The number of aromatic nitrogens is 1. The monoisotopic (exact) mass is 268 g/mol. The summed E-state index contributed by atoms with van der Waals surface area (Å²) in [6, 6.07) is 3.38. The number of hydrogen-bond donors (Lipinski definition) is 1. The lowest BCUT2D eigenvalue weighted by Crippen LogP contribution is -2.33.